The number of carbonyl (C=O) groups excluding carboxylic acids is 4. The van der Waals surface area contributed by atoms with Crippen LogP contribution >= 0.6 is 0 Å². The Bertz CT molecular complexity index is 1430. The van der Waals surface area contributed by atoms with Crippen molar-refractivity contribution in [1.29, 1.82) is 0 Å². The van der Waals surface area contributed by atoms with Crippen LogP contribution in [0.15, 0.2) is 53.6 Å². The summed E-state index contributed by atoms with van der Waals surface area (Å²) in [7, 11) is 0. The van der Waals surface area contributed by atoms with Crippen molar-refractivity contribution in [3.8, 4) is 0 Å². The van der Waals surface area contributed by atoms with Crippen molar-refractivity contribution >= 4 is 46.9 Å². The number of anilines is 1. The Kier molecular flexibility index (Phi) is 12.4. The predicted molar refractivity (Wildman–Crippen MR) is 163 cm³/mol. The average Bonchev–Trinajstić information content (AvgIpc) is 3.55. The molecule has 1 heterocycles. The van der Waals surface area contributed by atoms with Crippen LogP contribution in [0.5, 0.6) is 0 Å². The Morgan fingerprint density at radius 2 is 1.73 bits per heavy atom. The van der Waals surface area contributed by atoms with Gasteiger partial charge in [0.05, 0.1) is 22.0 Å². The number of amides is 4. The topological polar surface area (TPSA) is 253 Å². The van der Waals surface area contributed by atoms with Crippen LogP contribution in [0.4, 0.5) is 17.1 Å². The summed E-state index contributed by atoms with van der Waals surface area (Å²) in [6, 6.07) is 8.24. The minimum atomic E-state index is -1.11. The maximum atomic E-state index is 13.5. The number of carbonyl (C=O) groups is 4. The largest absolute Gasteiger partial charge is 0.368 e. The van der Waals surface area contributed by atoms with Crippen molar-refractivity contribution in [2.24, 2.45) is 10.8 Å². The number of hydrogen-bond donors (Lipinski definition) is 6. The van der Waals surface area contributed by atoms with E-state index in [1.165, 1.54) is 13.1 Å². The van der Waals surface area contributed by atoms with E-state index >= 15 is 0 Å². The fourth-order valence-electron chi connectivity index (χ4n) is 4.47. The SMILES string of the molecule is C[C@H](NC(=O)[C@H](Cc1ccccc1)NC(=O)[C@H](CC/C=N/Nc1ccc([N+](=O)[O-])cc1[N+](=O)[O-])NC(=O)[C@@H]1CCCN1)C(N)=O. The highest BCUT2D eigenvalue weighted by Gasteiger charge is 2.30. The van der Waals surface area contributed by atoms with E-state index in [-0.39, 0.29) is 24.9 Å². The van der Waals surface area contributed by atoms with E-state index in [0.29, 0.717) is 13.0 Å². The molecular weight excluding hydrogens is 590 g/mol. The number of hydrogen-bond acceptors (Lipinski definition) is 11. The summed E-state index contributed by atoms with van der Waals surface area (Å²) in [5, 5.41) is 37.2. The quantitative estimate of drug-likeness (QED) is 0.0862. The molecule has 0 aromatic heterocycles. The zero-order chi connectivity index (χ0) is 32.9. The van der Waals surface area contributed by atoms with Crippen molar-refractivity contribution in [1.82, 2.24) is 21.3 Å². The molecule has 2 aromatic rings. The first kappa shape index (κ1) is 34.0. The summed E-state index contributed by atoms with van der Waals surface area (Å²) in [6.45, 7) is 2.07. The van der Waals surface area contributed by atoms with Gasteiger partial charge in [0.25, 0.3) is 5.69 Å². The fraction of sp³-hybridized carbons (Fsp3) is 0.393. The summed E-state index contributed by atoms with van der Waals surface area (Å²) in [4.78, 5) is 71.8. The lowest BCUT2D eigenvalue weighted by atomic mass is 10.0. The molecule has 240 valence electrons. The fourth-order valence-corrected chi connectivity index (χ4v) is 4.47. The standard InChI is InChI=1S/C28H35N9O8/c1-17(25(29)38)32-28(41)23(15-18-7-3-2-4-8-18)34-27(40)22(33-26(39)21-9-5-13-30-21)10-6-14-31-35-20-12-11-19(36(42)43)16-24(20)37(44)45/h2-4,7-8,11-12,14,16-17,21-23,30,35H,5-6,9-10,13,15H2,1H3,(H2,29,38)(H,32,41)(H,33,39)(H,34,40)/b31-14+/t17-,21-,22-,23-/m0/s1. The molecule has 17 nitrogen and oxygen atoms in total. The van der Waals surface area contributed by atoms with Gasteiger partial charge in [-0.15, -0.1) is 0 Å². The molecule has 17 heteroatoms. The maximum Gasteiger partial charge on any atom is 0.301 e. The van der Waals surface area contributed by atoms with Gasteiger partial charge in [0.2, 0.25) is 23.6 Å². The number of nitro groups is 2. The minimum Gasteiger partial charge on any atom is -0.368 e. The molecule has 0 saturated carbocycles. The van der Waals surface area contributed by atoms with Crippen LogP contribution in [0, 0.1) is 20.2 Å². The third-order valence-electron chi connectivity index (χ3n) is 6.96. The van der Waals surface area contributed by atoms with Crippen LogP contribution in [0.2, 0.25) is 0 Å². The van der Waals surface area contributed by atoms with E-state index in [9.17, 15) is 39.4 Å². The molecule has 0 bridgehead atoms. The first-order chi connectivity index (χ1) is 21.5. The molecule has 1 aliphatic heterocycles. The molecule has 4 atom stereocenters. The van der Waals surface area contributed by atoms with Crippen LogP contribution < -0.4 is 32.4 Å². The number of nitrogens with two attached hydrogens (primary N) is 1. The average molecular weight is 626 g/mol. The van der Waals surface area contributed by atoms with E-state index < -0.39 is 69.0 Å². The van der Waals surface area contributed by atoms with Gasteiger partial charge in [-0.1, -0.05) is 30.3 Å². The molecule has 0 aliphatic carbocycles. The summed E-state index contributed by atoms with van der Waals surface area (Å²) < 4.78 is 0. The molecule has 2 aromatic carbocycles. The highest BCUT2D eigenvalue weighted by molar-refractivity contribution is 5.94. The maximum absolute atomic E-state index is 13.5. The highest BCUT2D eigenvalue weighted by Crippen LogP contribution is 2.28. The second-order valence-electron chi connectivity index (χ2n) is 10.3. The second kappa shape index (κ2) is 16.4. The van der Waals surface area contributed by atoms with Crippen LogP contribution in [-0.2, 0) is 25.6 Å². The van der Waals surface area contributed by atoms with E-state index in [4.69, 9.17) is 5.73 Å². The van der Waals surface area contributed by atoms with Gasteiger partial charge in [-0.2, -0.15) is 5.10 Å². The Morgan fingerprint density at radius 1 is 1.02 bits per heavy atom. The number of non-ortho nitro benzene ring substituents is 1. The van der Waals surface area contributed by atoms with Gasteiger partial charge in [0, 0.05) is 18.7 Å². The van der Waals surface area contributed by atoms with Crippen molar-refractivity contribution in [2.45, 2.75) is 63.2 Å². The summed E-state index contributed by atoms with van der Waals surface area (Å²) in [6.07, 6.45) is 2.94. The van der Waals surface area contributed by atoms with Crippen molar-refractivity contribution in [2.75, 3.05) is 12.0 Å². The minimum absolute atomic E-state index is 0.0369. The molecule has 0 unspecified atom stereocenters. The van der Waals surface area contributed by atoms with Gasteiger partial charge < -0.3 is 27.0 Å². The van der Waals surface area contributed by atoms with Crippen molar-refractivity contribution < 1.29 is 29.0 Å². The molecule has 45 heavy (non-hydrogen) atoms. The number of nitrogens with zero attached hydrogens (tertiary/aromatic N) is 3. The predicted octanol–water partition coefficient (Wildman–Crippen LogP) is 0.635. The van der Waals surface area contributed by atoms with Gasteiger partial charge in [0.15, 0.2) is 0 Å². The molecular formula is C28H35N9O8. The van der Waals surface area contributed by atoms with Crippen molar-refractivity contribution in [3.63, 3.8) is 0 Å². The zero-order valence-corrected chi connectivity index (χ0v) is 24.4. The molecule has 1 aliphatic rings. The summed E-state index contributed by atoms with van der Waals surface area (Å²) in [5.41, 5.74) is 7.39. The number of rotatable bonds is 16. The van der Waals surface area contributed by atoms with Crippen LogP contribution in [0.25, 0.3) is 0 Å². The lowest BCUT2D eigenvalue weighted by molar-refractivity contribution is -0.393. The van der Waals surface area contributed by atoms with Gasteiger partial charge >= 0.3 is 5.69 Å². The molecule has 3 rings (SSSR count). The van der Waals surface area contributed by atoms with E-state index in [1.807, 2.05) is 0 Å². The lowest BCUT2D eigenvalue weighted by Crippen LogP contribution is -2.57. The second-order valence-corrected chi connectivity index (χ2v) is 10.3. The number of hydrazone groups is 1. The third kappa shape index (κ3) is 10.3. The molecule has 7 N–H and O–H groups in total. The molecule has 1 fully saturated rings. The molecule has 0 radical (unpaired) electrons. The summed E-state index contributed by atoms with van der Waals surface area (Å²) in [5.74, 6) is -2.45. The number of primary amides is 1. The van der Waals surface area contributed by atoms with E-state index in [0.717, 1.165) is 30.2 Å². The van der Waals surface area contributed by atoms with Crippen LogP contribution in [0.1, 0.15) is 38.2 Å². The Hall–Kier alpha value is -5.45. The van der Waals surface area contributed by atoms with Crippen molar-refractivity contribution in [3.05, 3.63) is 74.3 Å². The lowest BCUT2D eigenvalue weighted by Gasteiger charge is -2.25. The van der Waals surface area contributed by atoms with Crippen LogP contribution in [0.3, 0.4) is 0 Å². The number of benzene rings is 2. The first-order valence-corrected chi connectivity index (χ1v) is 14.1. The molecule has 4 amide bonds. The van der Waals surface area contributed by atoms with E-state index in [1.54, 1.807) is 30.3 Å². The van der Waals surface area contributed by atoms with Gasteiger partial charge in [-0.05, 0) is 50.8 Å². The Balaban J connectivity index is 1.73. The number of nitro benzene ring substituents is 2. The Labute approximate surface area is 257 Å². The van der Waals surface area contributed by atoms with Gasteiger partial charge in [-0.25, -0.2) is 0 Å². The normalized spacial score (nSPS) is 16.2. The monoisotopic (exact) mass is 625 g/mol. The molecule has 0 spiro atoms. The van der Waals surface area contributed by atoms with E-state index in [2.05, 4.69) is 31.8 Å². The first-order valence-electron chi connectivity index (χ1n) is 14.1. The van der Waals surface area contributed by atoms with Gasteiger partial charge in [0.1, 0.15) is 23.8 Å². The number of nitrogens with one attached hydrogen (secondary N) is 5. The van der Waals surface area contributed by atoms with Gasteiger partial charge in [-0.3, -0.25) is 44.8 Å². The highest BCUT2D eigenvalue weighted by atomic mass is 16.6. The van der Waals surface area contributed by atoms with Crippen LogP contribution in [-0.4, -0.2) is 70.4 Å². The zero-order valence-electron chi connectivity index (χ0n) is 24.4. The Morgan fingerprint density at radius 3 is 2.36 bits per heavy atom. The third-order valence-corrected chi connectivity index (χ3v) is 6.96. The molecule has 1 saturated heterocycles. The smallest absolute Gasteiger partial charge is 0.301 e. The summed E-state index contributed by atoms with van der Waals surface area (Å²) >= 11 is 0.